The Morgan fingerprint density at radius 3 is 2.67 bits per heavy atom. The summed E-state index contributed by atoms with van der Waals surface area (Å²) in [5.74, 6) is 0.929. The smallest absolute Gasteiger partial charge is 0.214 e. The van der Waals surface area contributed by atoms with Gasteiger partial charge in [0.25, 0.3) is 0 Å². The second-order valence-electron chi connectivity index (χ2n) is 6.52. The van der Waals surface area contributed by atoms with Crippen LogP contribution in [0.25, 0.3) is 11.4 Å². The third-order valence-electron chi connectivity index (χ3n) is 4.49. The zero-order valence-electron chi connectivity index (χ0n) is 15.8. The maximum atomic E-state index is 13.9. The van der Waals surface area contributed by atoms with E-state index in [9.17, 15) is 4.39 Å². The summed E-state index contributed by atoms with van der Waals surface area (Å²) in [5.41, 5.74) is 5.52. The highest BCUT2D eigenvalue weighted by molar-refractivity contribution is 7.71. The van der Waals surface area contributed by atoms with E-state index in [1.807, 2.05) is 54.6 Å². The SMILES string of the molecule is Fc1cccc(Cl)c1COc1cccc(CNn2c(-c3ccccc3)n[nH]c2=S)c1. The average Bonchev–Trinajstić information content (AvgIpc) is 3.13. The lowest BCUT2D eigenvalue weighted by atomic mass is 10.2. The van der Waals surface area contributed by atoms with Crippen LogP contribution in [0, 0.1) is 10.6 Å². The zero-order valence-corrected chi connectivity index (χ0v) is 17.4. The summed E-state index contributed by atoms with van der Waals surface area (Å²) in [5, 5.41) is 7.46. The van der Waals surface area contributed by atoms with Crippen molar-refractivity contribution in [2.75, 3.05) is 5.43 Å². The maximum Gasteiger partial charge on any atom is 0.214 e. The minimum absolute atomic E-state index is 0.0489. The van der Waals surface area contributed by atoms with Gasteiger partial charge in [-0.05, 0) is 42.0 Å². The minimum atomic E-state index is -0.386. The zero-order chi connectivity index (χ0) is 20.9. The number of halogens is 2. The van der Waals surface area contributed by atoms with Gasteiger partial charge in [0.1, 0.15) is 18.2 Å². The number of nitrogens with zero attached hydrogens (tertiary/aromatic N) is 2. The van der Waals surface area contributed by atoms with Crippen molar-refractivity contribution in [1.29, 1.82) is 0 Å². The molecule has 0 radical (unpaired) electrons. The van der Waals surface area contributed by atoms with Gasteiger partial charge in [0.2, 0.25) is 4.77 Å². The van der Waals surface area contributed by atoms with Crippen LogP contribution >= 0.6 is 23.8 Å². The molecule has 0 aliphatic carbocycles. The fraction of sp³-hybridized carbons (Fsp3) is 0.0909. The molecule has 2 N–H and O–H groups in total. The first-order valence-corrected chi connectivity index (χ1v) is 10.0. The molecular weight excluding hydrogens is 423 g/mol. The van der Waals surface area contributed by atoms with Crippen LogP contribution in [-0.2, 0) is 13.2 Å². The summed E-state index contributed by atoms with van der Waals surface area (Å²) in [6, 6.07) is 21.9. The first-order valence-electron chi connectivity index (χ1n) is 9.23. The molecule has 30 heavy (non-hydrogen) atoms. The molecule has 5 nitrogen and oxygen atoms in total. The molecule has 0 bridgehead atoms. The Balaban J connectivity index is 1.46. The Morgan fingerprint density at radius 1 is 1.07 bits per heavy atom. The van der Waals surface area contributed by atoms with E-state index in [1.54, 1.807) is 16.8 Å². The molecule has 0 unspecified atom stereocenters. The van der Waals surface area contributed by atoms with Gasteiger partial charge in [-0.2, -0.15) is 5.10 Å². The van der Waals surface area contributed by atoms with Crippen molar-refractivity contribution >= 4 is 23.8 Å². The molecule has 1 aromatic heterocycles. The molecule has 152 valence electrons. The van der Waals surface area contributed by atoms with Crippen LogP contribution in [0.1, 0.15) is 11.1 Å². The number of rotatable bonds is 7. The van der Waals surface area contributed by atoms with E-state index >= 15 is 0 Å². The molecular formula is C22H18ClFN4OS. The molecule has 0 spiro atoms. The highest BCUT2D eigenvalue weighted by Crippen LogP contribution is 2.22. The molecule has 0 fully saturated rings. The first-order chi connectivity index (χ1) is 14.6. The van der Waals surface area contributed by atoms with Crippen LogP contribution in [0.15, 0.2) is 72.8 Å². The Labute approximate surface area is 183 Å². The van der Waals surface area contributed by atoms with Gasteiger partial charge in [0, 0.05) is 11.1 Å². The van der Waals surface area contributed by atoms with Crippen LogP contribution in [-0.4, -0.2) is 14.9 Å². The number of hydrogen-bond donors (Lipinski definition) is 2. The van der Waals surface area contributed by atoms with Crippen molar-refractivity contribution < 1.29 is 9.13 Å². The van der Waals surface area contributed by atoms with Crippen molar-refractivity contribution in [3.8, 4) is 17.1 Å². The molecule has 4 rings (SSSR count). The number of hydrogen-bond acceptors (Lipinski definition) is 4. The van der Waals surface area contributed by atoms with E-state index in [2.05, 4.69) is 15.6 Å². The highest BCUT2D eigenvalue weighted by atomic mass is 35.5. The van der Waals surface area contributed by atoms with Crippen molar-refractivity contribution in [1.82, 2.24) is 14.9 Å². The monoisotopic (exact) mass is 440 g/mol. The summed E-state index contributed by atoms with van der Waals surface area (Å²) in [6.45, 7) is 0.540. The molecule has 1 heterocycles. The first kappa shape index (κ1) is 20.1. The number of nitrogens with one attached hydrogen (secondary N) is 2. The normalized spacial score (nSPS) is 10.7. The molecule has 0 aliphatic rings. The Morgan fingerprint density at radius 2 is 1.87 bits per heavy atom. The molecule has 0 saturated heterocycles. The largest absolute Gasteiger partial charge is 0.489 e. The molecule has 0 atom stereocenters. The molecule has 0 saturated carbocycles. The quantitative estimate of drug-likeness (QED) is 0.361. The predicted molar refractivity (Wildman–Crippen MR) is 118 cm³/mol. The van der Waals surface area contributed by atoms with Crippen LogP contribution in [0.5, 0.6) is 5.75 Å². The van der Waals surface area contributed by atoms with E-state index < -0.39 is 0 Å². The minimum Gasteiger partial charge on any atom is -0.489 e. The number of H-pyrrole nitrogens is 1. The topological polar surface area (TPSA) is 54.9 Å². The predicted octanol–water partition coefficient (Wildman–Crippen LogP) is 5.72. The van der Waals surface area contributed by atoms with Crippen LogP contribution in [0.4, 0.5) is 4.39 Å². The van der Waals surface area contributed by atoms with Crippen molar-refractivity contribution in [2.24, 2.45) is 0 Å². The highest BCUT2D eigenvalue weighted by Gasteiger charge is 2.10. The lowest BCUT2D eigenvalue weighted by molar-refractivity contribution is 0.299. The van der Waals surface area contributed by atoms with E-state index in [0.29, 0.717) is 33.5 Å². The van der Waals surface area contributed by atoms with Gasteiger partial charge >= 0.3 is 0 Å². The number of aromatic nitrogens is 3. The summed E-state index contributed by atoms with van der Waals surface area (Å²) in [4.78, 5) is 0. The second-order valence-corrected chi connectivity index (χ2v) is 7.32. The Bertz CT molecular complexity index is 1190. The van der Waals surface area contributed by atoms with Gasteiger partial charge in [-0.15, -0.1) is 0 Å². The average molecular weight is 441 g/mol. The molecule has 3 aromatic carbocycles. The standard InChI is InChI=1S/C22H18ClFN4OS/c23-19-10-5-11-20(24)18(19)14-29-17-9-4-6-15(12-17)13-25-28-21(26-27-22(28)30)16-7-2-1-3-8-16/h1-12,25H,13-14H2,(H,27,30). The van der Waals surface area contributed by atoms with Crippen LogP contribution in [0.3, 0.4) is 0 Å². The lowest BCUT2D eigenvalue weighted by Gasteiger charge is -2.12. The van der Waals surface area contributed by atoms with Crippen LogP contribution < -0.4 is 10.2 Å². The third-order valence-corrected chi connectivity index (χ3v) is 5.12. The number of aromatic amines is 1. The lowest BCUT2D eigenvalue weighted by Crippen LogP contribution is -2.16. The van der Waals surface area contributed by atoms with Crippen molar-refractivity contribution in [3.05, 3.63) is 99.5 Å². The summed E-state index contributed by atoms with van der Waals surface area (Å²) in [7, 11) is 0. The van der Waals surface area contributed by atoms with Gasteiger partial charge in [0.05, 0.1) is 11.6 Å². The van der Waals surface area contributed by atoms with Gasteiger partial charge in [0.15, 0.2) is 5.82 Å². The fourth-order valence-corrected chi connectivity index (χ4v) is 3.38. The Kier molecular flexibility index (Phi) is 6.11. The molecule has 4 aromatic rings. The second kappa shape index (κ2) is 9.11. The number of ether oxygens (including phenoxy) is 1. The Hall–Kier alpha value is -3.16. The maximum absolute atomic E-state index is 13.9. The van der Waals surface area contributed by atoms with Gasteiger partial charge in [-0.1, -0.05) is 60.1 Å². The van der Waals surface area contributed by atoms with Crippen molar-refractivity contribution in [3.63, 3.8) is 0 Å². The number of benzene rings is 3. The fourth-order valence-electron chi connectivity index (χ4n) is 2.97. The summed E-state index contributed by atoms with van der Waals surface area (Å²) < 4.78 is 21.9. The summed E-state index contributed by atoms with van der Waals surface area (Å²) >= 11 is 11.4. The van der Waals surface area contributed by atoms with Gasteiger partial charge in [-0.3, -0.25) is 0 Å². The van der Waals surface area contributed by atoms with E-state index in [-0.39, 0.29) is 12.4 Å². The van der Waals surface area contributed by atoms with E-state index in [1.165, 1.54) is 6.07 Å². The van der Waals surface area contributed by atoms with Crippen molar-refractivity contribution in [2.45, 2.75) is 13.2 Å². The van der Waals surface area contributed by atoms with Gasteiger partial charge < -0.3 is 10.2 Å². The van der Waals surface area contributed by atoms with E-state index in [0.717, 1.165) is 11.1 Å². The third kappa shape index (κ3) is 4.53. The van der Waals surface area contributed by atoms with Crippen LogP contribution in [0.2, 0.25) is 5.02 Å². The molecule has 0 amide bonds. The van der Waals surface area contributed by atoms with E-state index in [4.69, 9.17) is 28.6 Å². The summed E-state index contributed by atoms with van der Waals surface area (Å²) in [6.07, 6.45) is 0. The molecule has 8 heteroatoms. The molecule has 0 aliphatic heterocycles. The van der Waals surface area contributed by atoms with Gasteiger partial charge in [-0.25, -0.2) is 14.2 Å².